The molecule has 1 heterocycles. The minimum atomic E-state index is -4.33. The van der Waals surface area contributed by atoms with E-state index >= 15 is 0 Å². The first kappa shape index (κ1) is 14.3. The molecule has 1 fully saturated rings. The average Bonchev–Trinajstić information content (AvgIpc) is 2.40. The van der Waals surface area contributed by atoms with Crippen LogP contribution >= 0.6 is 0 Å². The highest BCUT2D eigenvalue weighted by Gasteiger charge is 2.37. The summed E-state index contributed by atoms with van der Waals surface area (Å²) in [4.78, 5) is 0. The van der Waals surface area contributed by atoms with Crippen molar-refractivity contribution in [2.45, 2.75) is 37.6 Å². The number of halogens is 3. The molecule has 0 amide bonds. The van der Waals surface area contributed by atoms with Crippen molar-refractivity contribution in [1.29, 1.82) is 0 Å². The molecule has 19 heavy (non-hydrogen) atoms. The molecule has 106 valence electrons. The lowest BCUT2D eigenvalue weighted by Gasteiger charge is -2.32. The van der Waals surface area contributed by atoms with Crippen LogP contribution in [0, 0.1) is 0 Å². The second-order valence-corrected chi connectivity index (χ2v) is 4.76. The molecule has 2 rings (SSSR count). The topological polar surface area (TPSA) is 21.3 Å². The van der Waals surface area contributed by atoms with Crippen molar-refractivity contribution in [3.63, 3.8) is 0 Å². The highest BCUT2D eigenvalue weighted by atomic mass is 19.4. The lowest BCUT2D eigenvalue weighted by molar-refractivity contribution is -0.139. The van der Waals surface area contributed by atoms with E-state index in [0.29, 0.717) is 6.61 Å². The third-order valence-electron chi connectivity index (χ3n) is 3.50. The van der Waals surface area contributed by atoms with Gasteiger partial charge < -0.3 is 10.1 Å². The summed E-state index contributed by atoms with van der Waals surface area (Å²) < 4.78 is 44.8. The van der Waals surface area contributed by atoms with Crippen LogP contribution in [0.15, 0.2) is 24.3 Å². The zero-order valence-corrected chi connectivity index (χ0v) is 10.8. The van der Waals surface area contributed by atoms with Gasteiger partial charge in [-0.15, -0.1) is 0 Å². The van der Waals surface area contributed by atoms with E-state index in [1.54, 1.807) is 13.1 Å². The number of rotatable bonds is 3. The summed E-state index contributed by atoms with van der Waals surface area (Å²) in [6.45, 7) is 0.622. The van der Waals surface area contributed by atoms with Gasteiger partial charge in [0.1, 0.15) is 0 Å². The molecule has 0 radical (unpaired) electrons. The molecular formula is C14H18F3NO. The second-order valence-electron chi connectivity index (χ2n) is 4.76. The van der Waals surface area contributed by atoms with Crippen molar-refractivity contribution in [3.05, 3.63) is 35.4 Å². The molecule has 2 atom stereocenters. The van der Waals surface area contributed by atoms with Crippen LogP contribution in [0.25, 0.3) is 0 Å². The van der Waals surface area contributed by atoms with Crippen LogP contribution in [0.4, 0.5) is 13.2 Å². The van der Waals surface area contributed by atoms with E-state index in [9.17, 15) is 13.2 Å². The molecule has 1 aliphatic rings. The van der Waals surface area contributed by atoms with E-state index in [1.807, 2.05) is 0 Å². The number of alkyl halides is 3. The molecule has 2 unspecified atom stereocenters. The maximum absolute atomic E-state index is 13.0. The Bertz CT molecular complexity index is 413. The van der Waals surface area contributed by atoms with Gasteiger partial charge in [-0.2, -0.15) is 13.2 Å². The third kappa shape index (κ3) is 3.28. The summed E-state index contributed by atoms with van der Waals surface area (Å²) in [5, 5.41) is 2.98. The minimum Gasteiger partial charge on any atom is -0.376 e. The molecule has 1 saturated heterocycles. The molecular weight excluding hydrogens is 255 g/mol. The molecule has 1 aliphatic heterocycles. The molecule has 0 spiro atoms. The Morgan fingerprint density at radius 3 is 2.58 bits per heavy atom. The Hall–Kier alpha value is -1.07. The monoisotopic (exact) mass is 273 g/mol. The molecule has 0 bridgehead atoms. The highest BCUT2D eigenvalue weighted by Crippen LogP contribution is 2.37. The number of benzene rings is 1. The predicted octanol–water partition coefficient (Wildman–Crippen LogP) is 3.54. The van der Waals surface area contributed by atoms with E-state index in [0.717, 1.165) is 25.3 Å². The quantitative estimate of drug-likeness (QED) is 0.909. The number of ether oxygens (including phenoxy) is 1. The van der Waals surface area contributed by atoms with Gasteiger partial charge in [0.25, 0.3) is 0 Å². The van der Waals surface area contributed by atoms with Crippen molar-refractivity contribution in [1.82, 2.24) is 5.32 Å². The fourth-order valence-corrected chi connectivity index (χ4v) is 2.60. The van der Waals surface area contributed by atoms with E-state index in [2.05, 4.69) is 5.32 Å². The van der Waals surface area contributed by atoms with Gasteiger partial charge in [-0.05, 0) is 37.9 Å². The van der Waals surface area contributed by atoms with Gasteiger partial charge in [-0.1, -0.05) is 18.2 Å². The van der Waals surface area contributed by atoms with E-state index in [-0.39, 0.29) is 11.7 Å². The molecule has 1 N–H and O–H groups in total. The highest BCUT2D eigenvalue weighted by molar-refractivity contribution is 5.33. The summed E-state index contributed by atoms with van der Waals surface area (Å²) in [6.07, 6.45) is -1.76. The zero-order valence-electron chi connectivity index (χ0n) is 10.8. The van der Waals surface area contributed by atoms with Crippen molar-refractivity contribution in [2.75, 3.05) is 13.7 Å². The summed E-state index contributed by atoms with van der Waals surface area (Å²) in [5.41, 5.74) is -0.312. The van der Waals surface area contributed by atoms with Crippen molar-refractivity contribution in [3.8, 4) is 0 Å². The largest absolute Gasteiger partial charge is 0.416 e. The Labute approximate surface area is 111 Å². The number of hydrogen-bond donors (Lipinski definition) is 1. The fraction of sp³-hybridized carbons (Fsp3) is 0.571. The van der Waals surface area contributed by atoms with E-state index in [1.165, 1.54) is 12.1 Å². The maximum Gasteiger partial charge on any atom is 0.416 e. The van der Waals surface area contributed by atoms with Gasteiger partial charge in [0.2, 0.25) is 0 Å². The molecule has 1 aromatic carbocycles. The summed E-state index contributed by atoms with van der Waals surface area (Å²) in [6, 6.07) is 5.29. The summed E-state index contributed by atoms with van der Waals surface area (Å²) in [5.74, 6) is 0. The molecule has 1 aromatic rings. The van der Waals surface area contributed by atoms with Gasteiger partial charge in [0.15, 0.2) is 0 Å². The smallest absolute Gasteiger partial charge is 0.376 e. The van der Waals surface area contributed by atoms with Crippen molar-refractivity contribution < 1.29 is 17.9 Å². The number of likely N-dealkylation sites (N-methyl/N-ethyl adjacent to an activating group) is 1. The summed E-state index contributed by atoms with van der Waals surface area (Å²) in [7, 11) is 1.68. The standard InChI is InChI=1S/C14H18F3NO/c1-18-13(12-8-4-5-9-19-12)10-6-2-3-7-11(10)14(15,16)17/h2-3,6-7,12-13,18H,4-5,8-9H2,1H3. The molecule has 0 aromatic heterocycles. The Balaban J connectivity index is 2.32. The van der Waals surface area contributed by atoms with Gasteiger partial charge >= 0.3 is 6.18 Å². The Morgan fingerprint density at radius 1 is 1.26 bits per heavy atom. The Kier molecular flexibility index (Phi) is 4.47. The van der Waals surface area contributed by atoms with Crippen LogP contribution < -0.4 is 5.32 Å². The second kappa shape index (κ2) is 5.92. The van der Waals surface area contributed by atoms with Gasteiger partial charge in [0.05, 0.1) is 17.7 Å². The SMILES string of the molecule is CNC(c1ccccc1C(F)(F)F)C1CCCCO1. The first-order chi connectivity index (χ1) is 9.04. The van der Waals surface area contributed by atoms with Crippen LogP contribution in [-0.4, -0.2) is 19.8 Å². The lowest BCUT2D eigenvalue weighted by Crippen LogP contribution is -2.35. The molecule has 0 saturated carbocycles. The molecule has 5 heteroatoms. The number of hydrogen-bond acceptors (Lipinski definition) is 2. The van der Waals surface area contributed by atoms with Gasteiger partial charge in [0, 0.05) is 6.61 Å². The van der Waals surface area contributed by atoms with Gasteiger partial charge in [-0.3, -0.25) is 0 Å². The van der Waals surface area contributed by atoms with Crippen LogP contribution in [-0.2, 0) is 10.9 Å². The van der Waals surface area contributed by atoms with E-state index in [4.69, 9.17) is 4.74 Å². The first-order valence-corrected chi connectivity index (χ1v) is 6.49. The van der Waals surface area contributed by atoms with Crippen LogP contribution in [0.5, 0.6) is 0 Å². The molecule has 2 nitrogen and oxygen atoms in total. The lowest BCUT2D eigenvalue weighted by atomic mass is 9.92. The Morgan fingerprint density at radius 2 is 2.00 bits per heavy atom. The normalized spacial score (nSPS) is 22.2. The van der Waals surface area contributed by atoms with Crippen LogP contribution in [0.2, 0.25) is 0 Å². The first-order valence-electron chi connectivity index (χ1n) is 6.49. The number of nitrogens with one attached hydrogen (secondary N) is 1. The maximum atomic E-state index is 13.0. The van der Waals surface area contributed by atoms with E-state index < -0.39 is 17.8 Å². The minimum absolute atomic E-state index is 0.192. The average molecular weight is 273 g/mol. The van der Waals surface area contributed by atoms with Gasteiger partial charge in [-0.25, -0.2) is 0 Å². The fourth-order valence-electron chi connectivity index (χ4n) is 2.60. The molecule has 0 aliphatic carbocycles. The predicted molar refractivity (Wildman–Crippen MR) is 66.8 cm³/mol. The van der Waals surface area contributed by atoms with Crippen LogP contribution in [0.3, 0.4) is 0 Å². The third-order valence-corrected chi connectivity index (χ3v) is 3.50. The summed E-state index contributed by atoms with van der Waals surface area (Å²) >= 11 is 0. The van der Waals surface area contributed by atoms with Crippen LogP contribution in [0.1, 0.15) is 36.4 Å². The van der Waals surface area contributed by atoms with Crippen molar-refractivity contribution in [2.24, 2.45) is 0 Å². The zero-order chi connectivity index (χ0) is 13.9. The van der Waals surface area contributed by atoms with Crippen molar-refractivity contribution >= 4 is 0 Å².